The Hall–Kier alpha value is -4.70. The molecule has 0 atom stereocenters. The van der Waals surface area contributed by atoms with Crippen LogP contribution in [0, 0.1) is 12.1 Å². The Bertz CT molecular complexity index is 1700. The maximum absolute atomic E-state index is 10.7. The van der Waals surface area contributed by atoms with Crippen LogP contribution in [0.5, 0.6) is 0 Å². The first-order valence-corrected chi connectivity index (χ1v) is 13.5. The maximum atomic E-state index is 10.7. The molecule has 5 heteroatoms. The number of allylic oxidation sites excluding steroid dienone is 3. The van der Waals surface area contributed by atoms with Gasteiger partial charge in [0.1, 0.15) is 5.76 Å². The van der Waals surface area contributed by atoms with E-state index in [1.165, 1.54) is 35.4 Å². The van der Waals surface area contributed by atoms with Crippen LogP contribution in [0.2, 0.25) is 0 Å². The third-order valence-corrected chi connectivity index (χ3v) is 6.42. The second-order valence-corrected chi connectivity index (χ2v) is 9.61. The fourth-order valence-electron chi connectivity index (χ4n) is 4.61. The number of rotatable bonds is 4. The van der Waals surface area contributed by atoms with E-state index in [0.29, 0.717) is 11.1 Å². The second-order valence-electron chi connectivity index (χ2n) is 9.61. The molecule has 0 saturated heterocycles. The molecule has 0 bridgehead atoms. The van der Waals surface area contributed by atoms with Gasteiger partial charge < -0.3 is 15.1 Å². The zero-order valence-electron chi connectivity index (χ0n) is 24.3. The summed E-state index contributed by atoms with van der Waals surface area (Å²) in [6.07, 6.45) is 3.69. The van der Waals surface area contributed by atoms with E-state index in [1.54, 1.807) is 6.92 Å². The van der Waals surface area contributed by atoms with Gasteiger partial charge >= 0.3 is 0 Å². The summed E-state index contributed by atoms with van der Waals surface area (Å²) in [6.45, 7) is 8.13. The summed E-state index contributed by atoms with van der Waals surface area (Å²) in [4.78, 5) is 19.6. The number of pyridine rings is 2. The van der Waals surface area contributed by atoms with Crippen molar-refractivity contribution < 1.29 is 30.0 Å². The second kappa shape index (κ2) is 16.1. The number of carbonyl (C=O) groups excluding carboxylic acids is 1. The quantitative estimate of drug-likeness (QED) is 0.0847. The van der Waals surface area contributed by atoms with E-state index in [1.807, 2.05) is 97.3 Å². The molecular formula is C38H32IrN2O2-2. The Balaban J connectivity index is 0.000000181. The van der Waals surface area contributed by atoms with Crippen LogP contribution in [0.1, 0.15) is 20.8 Å². The van der Waals surface area contributed by atoms with Crippen LogP contribution < -0.4 is 0 Å². The molecular weight excluding hydrogens is 709 g/mol. The molecule has 2 aromatic heterocycles. The maximum Gasteiger partial charge on any atom is 0.163 e. The number of aliphatic hydroxyl groups excluding tert-OH is 1. The molecule has 1 radical (unpaired) electrons. The van der Waals surface area contributed by atoms with Gasteiger partial charge in [0.05, 0.1) is 5.57 Å². The van der Waals surface area contributed by atoms with Gasteiger partial charge in [-0.05, 0) is 71.4 Å². The zero-order valence-corrected chi connectivity index (χ0v) is 26.7. The minimum absolute atomic E-state index is 0. The van der Waals surface area contributed by atoms with Gasteiger partial charge in [0.2, 0.25) is 0 Å². The van der Waals surface area contributed by atoms with Gasteiger partial charge in [-0.3, -0.25) is 4.79 Å². The SMILES string of the molecule is C=C(C)C(C(C)=O)=C(C)O.[Ir].[c-]1ccccc1-c1nccc2ccccc12.[c-]1ccccc1-c1nccc2ccccc12. The zero-order chi connectivity index (χ0) is 29.9. The minimum Gasteiger partial charge on any atom is -0.512 e. The molecule has 4 nitrogen and oxygen atoms in total. The van der Waals surface area contributed by atoms with Gasteiger partial charge in [0.25, 0.3) is 0 Å². The van der Waals surface area contributed by atoms with Crippen LogP contribution in [0.25, 0.3) is 44.1 Å². The topological polar surface area (TPSA) is 63.1 Å². The molecule has 0 spiro atoms. The van der Waals surface area contributed by atoms with Crippen LogP contribution in [-0.2, 0) is 24.9 Å². The molecule has 0 aliphatic carbocycles. The number of carbonyl (C=O) groups is 1. The average molecular weight is 741 g/mol. The van der Waals surface area contributed by atoms with Crippen LogP contribution in [0.4, 0.5) is 0 Å². The van der Waals surface area contributed by atoms with Gasteiger partial charge in [-0.1, -0.05) is 55.1 Å². The van der Waals surface area contributed by atoms with Crippen molar-refractivity contribution in [1.82, 2.24) is 9.97 Å². The van der Waals surface area contributed by atoms with Crippen molar-refractivity contribution in [2.45, 2.75) is 20.8 Å². The van der Waals surface area contributed by atoms with Gasteiger partial charge in [0.15, 0.2) is 5.78 Å². The van der Waals surface area contributed by atoms with Crippen molar-refractivity contribution in [2.75, 3.05) is 0 Å². The third-order valence-electron chi connectivity index (χ3n) is 6.42. The molecule has 4 aromatic carbocycles. The molecule has 6 aromatic rings. The Morgan fingerprint density at radius 2 is 1.07 bits per heavy atom. The number of aliphatic hydroxyl groups is 1. The molecule has 0 aliphatic rings. The Labute approximate surface area is 266 Å². The number of Topliss-reactive ketones (excluding diaryl/α,β-unsaturated/α-hetero) is 1. The largest absolute Gasteiger partial charge is 0.512 e. The van der Waals surface area contributed by atoms with E-state index >= 15 is 0 Å². The molecule has 6 rings (SSSR count). The summed E-state index contributed by atoms with van der Waals surface area (Å²) in [5.74, 6) is -0.104. The number of aromatic nitrogens is 2. The number of hydrogen-bond acceptors (Lipinski definition) is 4. The predicted octanol–water partition coefficient (Wildman–Crippen LogP) is 9.38. The van der Waals surface area contributed by atoms with Gasteiger partial charge in [-0.2, -0.15) is 0 Å². The molecule has 0 aliphatic heterocycles. The summed E-state index contributed by atoms with van der Waals surface area (Å²) >= 11 is 0. The third kappa shape index (κ3) is 8.65. The fourth-order valence-corrected chi connectivity index (χ4v) is 4.61. The van der Waals surface area contributed by atoms with Crippen molar-refractivity contribution in [2.24, 2.45) is 0 Å². The summed E-state index contributed by atoms with van der Waals surface area (Å²) < 4.78 is 0. The standard InChI is InChI=1S/2C15H10N.C8H12O2.Ir/c2*1-2-7-13(8-3-1)15-14-9-5-4-6-12(14)10-11-16-15;1-5(2)8(6(3)9)7(4)10;/h2*1-7,9-11H;9H,1H2,2-4H3;/q2*-1;;. The summed E-state index contributed by atoms with van der Waals surface area (Å²) in [6, 6.07) is 42.9. The molecule has 1 N–H and O–H groups in total. The number of nitrogens with zero attached hydrogens (tertiary/aromatic N) is 2. The van der Waals surface area contributed by atoms with Crippen LogP contribution in [-0.4, -0.2) is 20.9 Å². The van der Waals surface area contributed by atoms with E-state index in [9.17, 15) is 4.79 Å². The van der Waals surface area contributed by atoms with Crippen LogP contribution in [0.3, 0.4) is 0 Å². The van der Waals surface area contributed by atoms with Gasteiger partial charge in [-0.25, -0.2) is 0 Å². The van der Waals surface area contributed by atoms with E-state index in [0.717, 1.165) is 22.5 Å². The number of benzene rings is 4. The van der Waals surface area contributed by atoms with Crippen molar-refractivity contribution >= 4 is 27.3 Å². The first kappa shape index (κ1) is 32.8. The van der Waals surface area contributed by atoms with Crippen molar-refractivity contribution in [1.29, 1.82) is 0 Å². The number of hydrogen-bond donors (Lipinski definition) is 1. The smallest absolute Gasteiger partial charge is 0.163 e. The fraction of sp³-hybridized carbons (Fsp3) is 0.0789. The molecule has 0 fully saturated rings. The average Bonchev–Trinajstić information content (AvgIpc) is 3.01. The monoisotopic (exact) mass is 741 g/mol. The van der Waals surface area contributed by atoms with Crippen molar-refractivity contribution in [3.05, 3.63) is 157 Å². The van der Waals surface area contributed by atoms with Crippen LogP contribution >= 0.6 is 0 Å². The first-order valence-electron chi connectivity index (χ1n) is 13.5. The van der Waals surface area contributed by atoms with E-state index in [-0.39, 0.29) is 31.6 Å². The van der Waals surface area contributed by atoms with Crippen molar-refractivity contribution in [3.8, 4) is 22.5 Å². The first-order chi connectivity index (χ1) is 20.4. The van der Waals surface area contributed by atoms with Gasteiger partial charge in [-0.15, -0.1) is 71.8 Å². The van der Waals surface area contributed by atoms with Crippen LogP contribution in [0.15, 0.2) is 145 Å². The van der Waals surface area contributed by atoms with Crippen molar-refractivity contribution in [3.63, 3.8) is 0 Å². The van der Waals surface area contributed by atoms with E-state index < -0.39 is 0 Å². The van der Waals surface area contributed by atoms with E-state index in [4.69, 9.17) is 5.11 Å². The number of fused-ring (bicyclic) bond motifs is 2. The molecule has 43 heavy (non-hydrogen) atoms. The predicted molar refractivity (Wildman–Crippen MR) is 173 cm³/mol. The van der Waals surface area contributed by atoms with E-state index in [2.05, 4.69) is 52.9 Å². The summed E-state index contributed by atoms with van der Waals surface area (Å²) in [5.41, 5.74) is 5.02. The summed E-state index contributed by atoms with van der Waals surface area (Å²) in [5, 5.41) is 13.7. The Morgan fingerprint density at radius 3 is 1.40 bits per heavy atom. The minimum atomic E-state index is -0.146. The molecule has 217 valence electrons. The normalized spacial score (nSPS) is 10.7. The Kier molecular flexibility index (Phi) is 12.3. The molecule has 0 amide bonds. The molecule has 0 unspecified atom stereocenters. The molecule has 0 saturated carbocycles. The van der Waals surface area contributed by atoms with Gasteiger partial charge in [0, 0.05) is 32.5 Å². The molecule has 2 heterocycles. The summed E-state index contributed by atoms with van der Waals surface area (Å²) in [7, 11) is 0. The Morgan fingerprint density at radius 1 is 0.651 bits per heavy atom. The number of ketones is 1.